The van der Waals surface area contributed by atoms with Crippen LogP contribution in [0.15, 0.2) is 46.3 Å². The topological polar surface area (TPSA) is 109 Å². The van der Waals surface area contributed by atoms with Crippen molar-refractivity contribution < 1.29 is 8.42 Å². The molecule has 2 aromatic heterocycles. The van der Waals surface area contributed by atoms with Gasteiger partial charge in [-0.1, -0.05) is 25.1 Å². The molecule has 0 bridgehead atoms. The second-order valence-corrected chi connectivity index (χ2v) is 7.03. The van der Waals surface area contributed by atoms with E-state index in [0.717, 1.165) is 5.56 Å². The Morgan fingerprint density at radius 2 is 2.04 bits per heavy atom. The molecule has 0 amide bonds. The Hall–Kier alpha value is -2.52. The summed E-state index contributed by atoms with van der Waals surface area (Å²) in [5, 5.41) is 7.75. The second kappa shape index (κ2) is 6.17. The van der Waals surface area contributed by atoms with Gasteiger partial charge in [0.05, 0.1) is 10.9 Å². The zero-order chi connectivity index (χ0) is 17.3. The molecule has 0 aliphatic carbocycles. The number of rotatable bonds is 5. The van der Waals surface area contributed by atoms with Gasteiger partial charge in [0.1, 0.15) is 0 Å². The van der Waals surface area contributed by atoms with Crippen LogP contribution in [0, 0.1) is 0 Å². The van der Waals surface area contributed by atoms with E-state index in [4.69, 9.17) is 0 Å². The Balaban J connectivity index is 1.97. The molecule has 0 aliphatic rings. The van der Waals surface area contributed by atoms with Gasteiger partial charge in [-0.25, -0.2) is 13.1 Å². The monoisotopic (exact) mass is 347 g/mol. The van der Waals surface area contributed by atoms with E-state index >= 15 is 0 Å². The van der Waals surface area contributed by atoms with Crippen molar-refractivity contribution >= 4 is 15.7 Å². The standard InChI is InChI=1S/C15H17N5O3S/c1-3-11-6-4-5-7-12(11)24(22,23)19-10(2)13-17-18-14-15(21)16-8-9-20(13)14/h4-10,19H,3H2,1-2H3,(H,16,21). The van der Waals surface area contributed by atoms with Gasteiger partial charge in [0.2, 0.25) is 15.7 Å². The van der Waals surface area contributed by atoms with E-state index in [1.54, 1.807) is 37.4 Å². The first-order valence-corrected chi connectivity index (χ1v) is 8.95. The maximum atomic E-state index is 12.7. The van der Waals surface area contributed by atoms with Crippen LogP contribution in [0.4, 0.5) is 0 Å². The fourth-order valence-electron chi connectivity index (χ4n) is 2.56. The van der Waals surface area contributed by atoms with Crippen LogP contribution in [-0.2, 0) is 16.4 Å². The van der Waals surface area contributed by atoms with Crippen LogP contribution >= 0.6 is 0 Å². The SMILES string of the molecule is CCc1ccccc1S(=O)(=O)NC(C)c1nnc2c(=O)[nH]ccn12. The molecule has 1 aromatic carbocycles. The van der Waals surface area contributed by atoms with Crippen LogP contribution < -0.4 is 10.3 Å². The number of nitrogens with zero attached hydrogens (tertiary/aromatic N) is 3. The minimum atomic E-state index is -3.72. The van der Waals surface area contributed by atoms with Crippen LogP contribution in [0.3, 0.4) is 0 Å². The number of aryl methyl sites for hydroxylation is 1. The van der Waals surface area contributed by atoms with Gasteiger partial charge >= 0.3 is 0 Å². The number of hydrogen-bond acceptors (Lipinski definition) is 5. The van der Waals surface area contributed by atoms with Crippen LogP contribution in [-0.4, -0.2) is 28.0 Å². The first-order chi connectivity index (χ1) is 11.4. The van der Waals surface area contributed by atoms with Crippen LogP contribution in [0.25, 0.3) is 5.65 Å². The van der Waals surface area contributed by atoms with Gasteiger partial charge in [-0.15, -0.1) is 10.2 Å². The van der Waals surface area contributed by atoms with Crippen LogP contribution in [0.1, 0.15) is 31.3 Å². The summed E-state index contributed by atoms with van der Waals surface area (Å²) in [6.45, 7) is 3.56. The summed E-state index contributed by atoms with van der Waals surface area (Å²) in [5.74, 6) is 0.341. The molecule has 2 N–H and O–H groups in total. The van der Waals surface area contributed by atoms with Gasteiger partial charge in [-0.05, 0) is 25.0 Å². The third-order valence-electron chi connectivity index (χ3n) is 3.73. The zero-order valence-corrected chi connectivity index (χ0v) is 14.0. The first kappa shape index (κ1) is 16.3. The second-order valence-electron chi connectivity index (χ2n) is 5.35. The number of hydrogen-bond donors (Lipinski definition) is 2. The molecule has 0 radical (unpaired) electrons. The Bertz CT molecular complexity index is 1040. The van der Waals surface area contributed by atoms with Crippen molar-refractivity contribution in [3.63, 3.8) is 0 Å². The fraction of sp³-hybridized carbons (Fsp3) is 0.267. The number of aromatic nitrogens is 4. The van der Waals surface area contributed by atoms with Crippen molar-refractivity contribution in [2.75, 3.05) is 0 Å². The molecule has 3 aromatic rings. The maximum Gasteiger partial charge on any atom is 0.293 e. The van der Waals surface area contributed by atoms with Crippen molar-refractivity contribution in [2.24, 2.45) is 0 Å². The van der Waals surface area contributed by atoms with E-state index in [1.807, 2.05) is 6.92 Å². The number of sulfonamides is 1. The highest BCUT2D eigenvalue weighted by atomic mass is 32.2. The summed E-state index contributed by atoms with van der Waals surface area (Å²) in [6.07, 6.45) is 3.64. The highest BCUT2D eigenvalue weighted by Crippen LogP contribution is 2.19. The Labute approximate surface area is 138 Å². The summed E-state index contributed by atoms with van der Waals surface area (Å²) in [4.78, 5) is 14.4. The molecule has 126 valence electrons. The molecule has 3 rings (SSSR count). The average molecular weight is 347 g/mol. The van der Waals surface area contributed by atoms with Gasteiger partial charge in [-0.3, -0.25) is 9.20 Å². The number of nitrogens with one attached hydrogen (secondary N) is 2. The minimum absolute atomic E-state index is 0.118. The molecular weight excluding hydrogens is 330 g/mol. The predicted octanol–water partition coefficient (Wildman–Crippen LogP) is 1.02. The van der Waals surface area contributed by atoms with Gasteiger partial charge in [-0.2, -0.15) is 0 Å². The smallest absolute Gasteiger partial charge is 0.293 e. The number of aromatic amines is 1. The van der Waals surface area contributed by atoms with E-state index in [1.165, 1.54) is 10.6 Å². The number of H-pyrrole nitrogens is 1. The van der Waals surface area contributed by atoms with Crippen molar-refractivity contribution in [1.82, 2.24) is 24.3 Å². The molecule has 24 heavy (non-hydrogen) atoms. The molecule has 0 saturated heterocycles. The number of benzene rings is 1. The Kier molecular flexibility index (Phi) is 4.20. The number of fused-ring (bicyclic) bond motifs is 1. The van der Waals surface area contributed by atoms with E-state index in [0.29, 0.717) is 12.2 Å². The molecule has 9 heteroatoms. The summed E-state index contributed by atoms with van der Waals surface area (Å²) in [5.41, 5.74) is 0.467. The van der Waals surface area contributed by atoms with Crippen LogP contribution in [0.5, 0.6) is 0 Å². The van der Waals surface area contributed by atoms with Crippen molar-refractivity contribution in [1.29, 1.82) is 0 Å². The Morgan fingerprint density at radius 1 is 1.29 bits per heavy atom. The third kappa shape index (κ3) is 2.83. The summed E-state index contributed by atoms with van der Waals surface area (Å²) in [7, 11) is -3.72. The van der Waals surface area contributed by atoms with Gasteiger partial charge in [0, 0.05) is 12.4 Å². The molecule has 1 unspecified atom stereocenters. The molecule has 0 saturated carbocycles. The lowest BCUT2D eigenvalue weighted by Gasteiger charge is -2.14. The molecule has 0 spiro atoms. The third-order valence-corrected chi connectivity index (χ3v) is 5.37. The summed E-state index contributed by atoms with van der Waals surface area (Å²) in [6, 6.07) is 6.19. The highest BCUT2D eigenvalue weighted by molar-refractivity contribution is 7.89. The lowest BCUT2D eigenvalue weighted by molar-refractivity contribution is 0.557. The summed E-state index contributed by atoms with van der Waals surface area (Å²) >= 11 is 0. The molecule has 1 atom stereocenters. The van der Waals surface area contributed by atoms with Gasteiger partial charge < -0.3 is 4.98 Å². The molecule has 0 aliphatic heterocycles. The minimum Gasteiger partial charge on any atom is -0.324 e. The van der Waals surface area contributed by atoms with Crippen molar-refractivity contribution in [3.8, 4) is 0 Å². The predicted molar refractivity (Wildman–Crippen MR) is 88.2 cm³/mol. The first-order valence-electron chi connectivity index (χ1n) is 7.46. The van der Waals surface area contributed by atoms with Crippen LogP contribution in [0.2, 0.25) is 0 Å². The van der Waals surface area contributed by atoms with E-state index < -0.39 is 16.1 Å². The van der Waals surface area contributed by atoms with Gasteiger partial charge in [0.25, 0.3) is 5.56 Å². The molecule has 0 fully saturated rings. The zero-order valence-electron chi connectivity index (χ0n) is 13.2. The molecule has 2 heterocycles. The van der Waals surface area contributed by atoms with Gasteiger partial charge in [0.15, 0.2) is 5.82 Å². The average Bonchev–Trinajstić information content (AvgIpc) is 3.00. The Morgan fingerprint density at radius 3 is 2.79 bits per heavy atom. The van der Waals surface area contributed by atoms with Crippen molar-refractivity contribution in [3.05, 3.63) is 58.4 Å². The molecular formula is C15H17N5O3S. The largest absolute Gasteiger partial charge is 0.324 e. The maximum absolute atomic E-state index is 12.7. The lowest BCUT2D eigenvalue weighted by Crippen LogP contribution is -2.29. The lowest BCUT2D eigenvalue weighted by atomic mass is 10.2. The normalized spacial score (nSPS) is 13.2. The van der Waals surface area contributed by atoms with Crippen molar-refractivity contribution in [2.45, 2.75) is 31.2 Å². The fourth-order valence-corrected chi connectivity index (χ4v) is 4.07. The van der Waals surface area contributed by atoms with E-state index in [-0.39, 0.29) is 16.1 Å². The van der Waals surface area contributed by atoms with E-state index in [9.17, 15) is 13.2 Å². The molecule has 8 nitrogen and oxygen atoms in total. The highest BCUT2D eigenvalue weighted by Gasteiger charge is 2.23. The van der Waals surface area contributed by atoms with E-state index in [2.05, 4.69) is 19.9 Å². The quantitative estimate of drug-likeness (QED) is 0.716. The summed E-state index contributed by atoms with van der Waals surface area (Å²) < 4.78 is 29.4.